The molecular formula is C16H26FNO2. The summed E-state index contributed by atoms with van der Waals surface area (Å²) in [5.74, 6) is -0.0836. The van der Waals surface area contributed by atoms with E-state index in [-0.39, 0.29) is 17.8 Å². The van der Waals surface area contributed by atoms with Crippen LogP contribution >= 0.6 is 0 Å². The van der Waals surface area contributed by atoms with Crippen molar-refractivity contribution < 1.29 is 14.2 Å². The van der Waals surface area contributed by atoms with Crippen molar-refractivity contribution in [1.82, 2.24) is 5.32 Å². The molecule has 0 spiro atoms. The molecule has 0 radical (unpaired) electrons. The molecule has 0 saturated carbocycles. The molecular weight excluding hydrogens is 257 g/mol. The molecule has 0 aliphatic carbocycles. The predicted octanol–water partition coefficient (Wildman–Crippen LogP) is 2.90. The van der Waals surface area contributed by atoms with Gasteiger partial charge >= 0.3 is 0 Å². The summed E-state index contributed by atoms with van der Waals surface area (Å²) in [6.07, 6.45) is 0.774. The lowest BCUT2D eigenvalue weighted by Gasteiger charge is -2.30. The van der Waals surface area contributed by atoms with E-state index in [0.717, 1.165) is 12.0 Å². The van der Waals surface area contributed by atoms with E-state index >= 15 is 0 Å². The summed E-state index contributed by atoms with van der Waals surface area (Å²) in [7, 11) is 1.66. The van der Waals surface area contributed by atoms with Crippen LogP contribution in [0.4, 0.5) is 4.39 Å². The van der Waals surface area contributed by atoms with Crippen LogP contribution < -0.4 is 5.32 Å². The summed E-state index contributed by atoms with van der Waals surface area (Å²) in [6.45, 7) is 6.89. The van der Waals surface area contributed by atoms with Crippen molar-refractivity contribution in [3.63, 3.8) is 0 Å². The van der Waals surface area contributed by atoms with Crippen LogP contribution in [0.3, 0.4) is 0 Å². The Bertz CT molecular complexity index is 390. The molecule has 0 aromatic heterocycles. The first-order chi connectivity index (χ1) is 9.36. The molecule has 2 atom stereocenters. The first-order valence-corrected chi connectivity index (χ1v) is 7.07. The van der Waals surface area contributed by atoms with Crippen molar-refractivity contribution in [1.29, 1.82) is 0 Å². The molecule has 2 unspecified atom stereocenters. The fraction of sp³-hybridized carbons (Fsp3) is 0.625. The first kappa shape index (κ1) is 17.1. The third-order valence-electron chi connectivity index (χ3n) is 3.83. The standard InChI is InChI=1S/C16H26FNO2/c1-12(2)16(3,19)11-18-15(9-10-20-4)13-5-7-14(17)8-6-13/h5-8,12,15,18-19H,9-11H2,1-4H3. The van der Waals surface area contributed by atoms with Gasteiger partial charge in [0.05, 0.1) is 5.60 Å². The number of benzene rings is 1. The summed E-state index contributed by atoms with van der Waals surface area (Å²) < 4.78 is 18.1. The molecule has 0 aliphatic heterocycles. The zero-order valence-corrected chi connectivity index (χ0v) is 12.8. The van der Waals surface area contributed by atoms with E-state index in [9.17, 15) is 9.50 Å². The molecule has 2 N–H and O–H groups in total. The minimum absolute atomic E-state index is 0.0424. The van der Waals surface area contributed by atoms with Gasteiger partial charge in [0, 0.05) is 26.3 Å². The maximum atomic E-state index is 13.0. The SMILES string of the molecule is COCCC(NCC(C)(O)C(C)C)c1ccc(F)cc1. The Morgan fingerprint density at radius 3 is 2.40 bits per heavy atom. The Labute approximate surface area is 121 Å². The monoisotopic (exact) mass is 283 g/mol. The summed E-state index contributed by atoms with van der Waals surface area (Å²) in [6, 6.07) is 6.50. The van der Waals surface area contributed by atoms with Crippen LogP contribution in [0.2, 0.25) is 0 Å². The van der Waals surface area contributed by atoms with Crippen LogP contribution in [0.5, 0.6) is 0 Å². The van der Waals surface area contributed by atoms with Gasteiger partial charge in [0.25, 0.3) is 0 Å². The Morgan fingerprint density at radius 1 is 1.30 bits per heavy atom. The molecule has 1 aromatic rings. The van der Waals surface area contributed by atoms with Crippen LogP contribution in [0.1, 0.15) is 38.8 Å². The van der Waals surface area contributed by atoms with Crippen LogP contribution in [0, 0.1) is 11.7 Å². The highest BCUT2D eigenvalue weighted by Crippen LogP contribution is 2.20. The number of rotatable bonds is 8. The zero-order chi connectivity index (χ0) is 15.2. The molecule has 114 valence electrons. The Balaban J connectivity index is 2.72. The van der Waals surface area contributed by atoms with Crippen LogP contribution in [0.15, 0.2) is 24.3 Å². The Kier molecular flexibility index (Phi) is 6.59. The van der Waals surface area contributed by atoms with Gasteiger partial charge in [0.15, 0.2) is 0 Å². The maximum absolute atomic E-state index is 13.0. The Hall–Kier alpha value is -0.970. The second kappa shape index (κ2) is 7.72. The summed E-state index contributed by atoms with van der Waals surface area (Å²) in [4.78, 5) is 0. The van der Waals surface area contributed by atoms with E-state index in [1.807, 2.05) is 20.8 Å². The fourth-order valence-corrected chi connectivity index (χ4v) is 1.85. The predicted molar refractivity (Wildman–Crippen MR) is 79.1 cm³/mol. The molecule has 0 amide bonds. The molecule has 0 bridgehead atoms. The van der Waals surface area contributed by atoms with Gasteiger partial charge in [-0.25, -0.2) is 4.39 Å². The molecule has 1 aromatic carbocycles. The molecule has 0 heterocycles. The highest BCUT2D eigenvalue weighted by Gasteiger charge is 2.26. The number of halogens is 1. The number of hydrogen-bond acceptors (Lipinski definition) is 3. The molecule has 4 heteroatoms. The smallest absolute Gasteiger partial charge is 0.123 e. The van der Waals surface area contributed by atoms with Crippen molar-refractivity contribution in [2.24, 2.45) is 5.92 Å². The van der Waals surface area contributed by atoms with E-state index in [2.05, 4.69) is 5.32 Å². The molecule has 0 saturated heterocycles. The molecule has 3 nitrogen and oxygen atoms in total. The Morgan fingerprint density at radius 2 is 1.90 bits per heavy atom. The highest BCUT2D eigenvalue weighted by molar-refractivity contribution is 5.20. The van der Waals surface area contributed by atoms with Crippen molar-refractivity contribution in [2.75, 3.05) is 20.3 Å². The fourth-order valence-electron chi connectivity index (χ4n) is 1.85. The summed E-state index contributed by atoms with van der Waals surface area (Å²) >= 11 is 0. The average Bonchev–Trinajstić information content (AvgIpc) is 2.40. The van der Waals surface area contributed by atoms with Crippen molar-refractivity contribution in [3.8, 4) is 0 Å². The molecule has 20 heavy (non-hydrogen) atoms. The van der Waals surface area contributed by atoms with Gasteiger partial charge in [-0.05, 0) is 37.0 Å². The highest BCUT2D eigenvalue weighted by atomic mass is 19.1. The van der Waals surface area contributed by atoms with E-state index in [4.69, 9.17) is 4.74 Å². The lowest BCUT2D eigenvalue weighted by molar-refractivity contribution is 0.0108. The van der Waals surface area contributed by atoms with Gasteiger partial charge < -0.3 is 15.2 Å². The lowest BCUT2D eigenvalue weighted by Crippen LogP contribution is -2.43. The number of ether oxygens (including phenoxy) is 1. The number of aliphatic hydroxyl groups is 1. The van der Waals surface area contributed by atoms with E-state index in [1.165, 1.54) is 12.1 Å². The topological polar surface area (TPSA) is 41.5 Å². The van der Waals surface area contributed by atoms with Gasteiger partial charge in [-0.2, -0.15) is 0 Å². The quantitative estimate of drug-likeness (QED) is 0.771. The largest absolute Gasteiger partial charge is 0.389 e. The van der Waals surface area contributed by atoms with Gasteiger partial charge in [-0.1, -0.05) is 26.0 Å². The zero-order valence-electron chi connectivity index (χ0n) is 12.8. The normalized spacial score (nSPS) is 16.1. The molecule has 0 aliphatic rings. The minimum Gasteiger partial charge on any atom is -0.389 e. The van der Waals surface area contributed by atoms with Gasteiger partial charge in [-0.3, -0.25) is 0 Å². The van der Waals surface area contributed by atoms with Gasteiger partial charge in [0.1, 0.15) is 5.82 Å². The number of nitrogens with one attached hydrogen (secondary N) is 1. The number of hydrogen-bond donors (Lipinski definition) is 2. The third-order valence-corrected chi connectivity index (χ3v) is 3.83. The second-order valence-electron chi connectivity index (χ2n) is 5.78. The van der Waals surface area contributed by atoms with Crippen molar-refractivity contribution >= 4 is 0 Å². The second-order valence-corrected chi connectivity index (χ2v) is 5.78. The maximum Gasteiger partial charge on any atom is 0.123 e. The first-order valence-electron chi connectivity index (χ1n) is 7.07. The summed E-state index contributed by atoms with van der Waals surface area (Å²) in [5.41, 5.74) is 0.230. The van der Waals surface area contributed by atoms with Crippen LogP contribution in [0.25, 0.3) is 0 Å². The van der Waals surface area contributed by atoms with Gasteiger partial charge in [-0.15, -0.1) is 0 Å². The van der Waals surface area contributed by atoms with E-state index in [0.29, 0.717) is 13.2 Å². The minimum atomic E-state index is -0.772. The lowest BCUT2D eigenvalue weighted by atomic mass is 9.91. The summed E-state index contributed by atoms with van der Waals surface area (Å²) in [5, 5.41) is 13.7. The van der Waals surface area contributed by atoms with E-state index < -0.39 is 5.60 Å². The number of methoxy groups -OCH3 is 1. The average molecular weight is 283 g/mol. The van der Waals surface area contributed by atoms with Crippen LogP contribution in [-0.2, 0) is 4.74 Å². The van der Waals surface area contributed by atoms with Crippen LogP contribution in [-0.4, -0.2) is 31.0 Å². The third kappa shape index (κ3) is 5.19. The van der Waals surface area contributed by atoms with Crippen molar-refractivity contribution in [3.05, 3.63) is 35.6 Å². The van der Waals surface area contributed by atoms with Crippen molar-refractivity contribution in [2.45, 2.75) is 38.8 Å². The molecule has 1 rings (SSSR count). The molecule has 0 fully saturated rings. The van der Waals surface area contributed by atoms with E-state index in [1.54, 1.807) is 19.2 Å². The van der Waals surface area contributed by atoms with Gasteiger partial charge in [0.2, 0.25) is 0 Å².